The zero-order valence-electron chi connectivity index (χ0n) is 28.1. The van der Waals surface area contributed by atoms with Gasteiger partial charge in [-0.2, -0.15) is 0 Å². The Morgan fingerprint density at radius 3 is 0.875 bits per heavy atom. The van der Waals surface area contributed by atoms with Crippen LogP contribution < -0.4 is 0 Å². The molecule has 0 fully saturated rings. The average Bonchev–Trinajstić information content (AvgIpc) is 2.97. The number of unbranched alkanes of at least 4 members (excludes halogenated alkanes) is 20. The fraction of sp³-hybridized carbons (Fsp3) is 0.842. The molecule has 238 valence electrons. The summed E-state index contributed by atoms with van der Waals surface area (Å²) in [5, 5.41) is 8.63. The number of para-hydroxylation sites is 1. The Morgan fingerprint density at radius 2 is 0.625 bits per heavy atom. The van der Waals surface area contributed by atoms with Gasteiger partial charge in [0.1, 0.15) is 5.75 Å². The van der Waals surface area contributed by atoms with Gasteiger partial charge in [-0.3, -0.25) is 0 Å². The molecule has 0 saturated heterocycles. The largest absolute Gasteiger partial charge is 0.508 e. The molecule has 0 atom stereocenters. The molecule has 2 heteroatoms. The molecule has 40 heavy (non-hydrogen) atoms. The van der Waals surface area contributed by atoms with Gasteiger partial charge in [0.25, 0.3) is 0 Å². The Hall–Kier alpha value is -0.550. The van der Waals surface area contributed by atoms with Crippen molar-refractivity contribution >= 4 is 7.26 Å². The summed E-state index contributed by atoms with van der Waals surface area (Å²) in [6, 6.07) is 8.71. The molecule has 0 saturated carbocycles. The van der Waals surface area contributed by atoms with Crippen molar-refractivity contribution in [2.45, 2.75) is 182 Å². The molecule has 0 heterocycles. The first-order valence-electron chi connectivity index (χ1n) is 18.4. The van der Waals surface area contributed by atoms with E-state index in [1.807, 2.05) is 6.07 Å². The summed E-state index contributed by atoms with van der Waals surface area (Å²) in [4.78, 5) is 0. The van der Waals surface area contributed by atoms with Crippen molar-refractivity contribution in [2.24, 2.45) is 0 Å². The minimum absolute atomic E-state index is 0.322. The van der Waals surface area contributed by atoms with Crippen LogP contribution in [-0.4, -0.2) is 29.8 Å². The molecule has 0 aliphatic rings. The van der Waals surface area contributed by atoms with Gasteiger partial charge in [0.05, 0.1) is 0 Å². The molecule has 0 aliphatic heterocycles. The Balaban J connectivity index is 0.00000187. The fourth-order valence-electron chi connectivity index (χ4n) is 6.30. The van der Waals surface area contributed by atoms with E-state index in [1.165, 1.54) is 128 Å². The van der Waals surface area contributed by atoms with E-state index in [0.717, 1.165) is 0 Å². The second-order valence-electron chi connectivity index (χ2n) is 12.9. The molecule has 0 aliphatic carbocycles. The Kier molecular flexibility index (Phi) is 31.0. The second kappa shape index (κ2) is 31.4. The van der Waals surface area contributed by atoms with E-state index in [-0.39, 0.29) is 0 Å². The molecular weight excluding hydrogens is 503 g/mol. The van der Waals surface area contributed by atoms with Crippen molar-refractivity contribution in [2.75, 3.05) is 24.6 Å². The Bertz CT molecular complexity index is 555. The molecule has 0 aromatic heterocycles. The Labute approximate surface area is 254 Å². The van der Waals surface area contributed by atoms with Crippen LogP contribution in [0.15, 0.2) is 30.3 Å². The van der Waals surface area contributed by atoms with E-state index in [1.54, 1.807) is 74.6 Å². The minimum atomic E-state index is -1.04. The van der Waals surface area contributed by atoms with Crippen LogP contribution in [0.2, 0.25) is 0 Å². The number of rotatable bonds is 28. The van der Waals surface area contributed by atoms with Gasteiger partial charge in [-0.1, -0.05) is 31.5 Å². The molecule has 1 aromatic rings. The average molecular weight is 579 g/mol. The topological polar surface area (TPSA) is 20.2 Å². The van der Waals surface area contributed by atoms with Crippen LogP contribution in [0.25, 0.3) is 0 Å². The van der Waals surface area contributed by atoms with Crippen molar-refractivity contribution < 1.29 is 5.11 Å². The van der Waals surface area contributed by atoms with Gasteiger partial charge in [-0.15, -0.1) is 0 Å². The number of hydrogen-bond donors (Lipinski definition) is 1. The van der Waals surface area contributed by atoms with Gasteiger partial charge < -0.3 is 5.11 Å². The third-order valence-corrected chi connectivity index (χ3v) is 14.7. The molecule has 1 nitrogen and oxygen atoms in total. The number of hydrogen-bond acceptors (Lipinski definition) is 1. The minimum Gasteiger partial charge on any atom is -0.508 e. The smallest absolute Gasteiger partial charge is 0.115 e. The van der Waals surface area contributed by atoms with Crippen molar-refractivity contribution in [1.29, 1.82) is 0 Å². The summed E-state index contributed by atoms with van der Waals surface area (Å²) < 4.78 is 0. The van der Waals surface area contributed by atoms with E-state index < -0.39 is 7.26 Å². The van der Waals surface area contributed by atoms with Crippen LogP contribution in [-0.2, 0) is 0 Å². The molecule has 0 unspecified atom stereocenters. The van der Waals surface area contributed by atoms with Gasteiger partial charge in [0.15, 0.2) is 0 Å². The molecule has 0 spiro atoms. The van der Waals surface area contributed by atoms with Crippen molar-refractivity contribution in [3.05, 3.63) is 30.3 Å². The van der Waals surface area contributed by atoms with Crippen LogP contribution in [0.1, 0.15) is 182 Å². The van der Waals surface area contributed by atoms with Gasteiger partial charge in [-0.25, -0.2) is 0 Å². The standard InChI is InChI=1S/C32H69P.C6H6O/c1-5-9-13-17-18-19-20-21-22-23-24-28-32-33(29-25-14-10-6-2,30-26-15-11-7-3)31-27-16-12-8-4;7-6-4-2-1-3-5-6/h33H,5-32H2,1-4H3;1-5,7H. The maximum atomic E-state index is 8.63. The monoisotopic (exact) mass is 579 g/mol. The third kappa shape index (κ3) is 26.4. The summed E-state index contributed by atoms with van der Waals surface area (Å²) in [6.45, 7) is 9.42. The van der Waals surface area contributed by atoms with E-state index >= 15 is 0 Å². The zero-order valence-corrected chi connectivity index (χ0v) is 29.1. The molecule has 0 amide bonds. The van der Waals surface area contributed by atoms with Gasteiger partial charge in [-0.05, 0) is 12.1 Å². The van der Waals surface area contributed by atoms with E-state index in [0.29, 0.717) is 5.75 Å². The summed E-state index contributed by atoms with van der Waals surface area (Å²) in [5.41, 5.74) is 0. The molecule has 1 rings (SSSR count). The van der Waals surface area contributed by atoms with Crippen LogP contribution >= 0.6 is 7.26 Å². The van der Waals surface area contributed by atoms with Crippen molar-refractivity contribution in [3.8, 4) is 5.75 Å². The van der Waals surface area contributed by atoms with Gasteiger partial charge in [0.2, 0.25) is 0 Å². The van der Waals surface area contributed by atoms with Gasteiger partial charge in [0, 0.05) is 0 Å². The SMILES string of the molecule is CCCCCCCCCCCCCC[PH](CCCCCC)(CCCCCC)CCCCCC.Oc1ccccc1. The van der Waals surface area contributed by atoms with E-state index in [9.17, 15) is 0 Å². The van der Waals surface area contributed by atoms with E-state index in [4.69, 9.17) is 5.11 Å². The predicted molar refractivity (Wildman–Crippen MR) is 189 cm³/mol. The first kappa shape index (κ1) is 39.5. The summed E-state index contributed by atoms with van der Waals surface area (Å²) in [5.74, 6) is 0.322. The number of phenolic OH excluding ortho intramolecular Hbond substituents is 1. The molecular formula is C38H75OP. The number of phenols is 1. The van der Waals surface area contributed by atoms with Crippen LogP contribution in [0.3, 0.4) is 0 Å². The van der Waals surface area contributed by atoms with Gasteiger partial charge >= 0.3 is 200 Å². The van der Waals surface area contributed by atoms with Crippen LogP contribution in [0, 0.1) is 0 Å². The first-order valence-corrected chi connectivity index (χ1v) is 21.2. The maximum absolute atomic E-state index is 8.63. The second-order valence-corrected chi connectivity index (χ2v) is 17.9. The predicted octanol–water partition coefficient (Wildman–Crippen LogP) is 13.6. The third-order valence-electron chi connectivity index (χ3n) is 9.00. The molecule has 1 N–H and O–H groups in total. The maximum Gasteiger partial charge on any atom is 0.115 e. The fourth-order valence-corrected chi connectivity index (χ4v) is 11.8. The summed E-state index contributed by atoms with van der Waals surface area (Å²) in [6.07, 6.45) is 42.3. The molecule has 1 aromatic carbocycles. The molecule has 0 radical (unpaired) electrons. The van der Waals surface area contributed by atoms with Crippen LogP contribution in [0.4, 0.5) is 0 Å². The van der Waals surface area contributed by atoms with E-state index in [2.05, 4.69) is 27.7 Å². The Morgan fingerprint density at radius 1 is 0.375 bits per heavy atom. The normalized spacial score (nSPS) is 11.8. The molecule has 0 bridgehead atoms. The quantitative estimate of drug-likeness (QED) is 0.0774. The van der Waals surface area contributed by atoms with Crippen LogP contribution in [0.5, 0.6) is 5.75 Å². The zero-order chi connectivity index (χ0) is 29.4. The van der Waals surface area contributed by atoms with Crippen molar-refractivity contribution in [3.63, 3.8) is 0 Å². The summed E-state index contributed by atoms with van der Waals surface area (Å²) in [7, 11) is -1.04. The number of benzene rings is 1. The number of aromatic hydroxyl groups is 1. The first-order chi connectivity index (χ1) is 19.6. The van der Waals surface area contributed by atoms with Crippen molar-refractivity contribution in [1.82, 2.24) is 0 Å². The summed E-state index contributed by atoms with van der Waals surface area (Å²) >= 11 is 0.